The molecule has 2 rings (SSSR count). The van der Waals surface area contributed by atoms with Crippen LogP contribution in [0.5, 0.6) is 0 Å². The van der Waals surface area contributed by atoms with Gasteiger partial charge in [0.25, 0.3) is 5.91 Å². The third-order valence-electron chi connectivity index (χ3n) is 2.95. The van der Waals surface area contributed by atoms with E-state index in [4.69, 9.17) is 28.9 Å². The maximum Gasteiger partial charge on any atom is 0.251 e. The first-order valence-electron chi connectivity index (χ1n) is 5.73. The molecule has 7 heteroatoms. The molecule has 104 valence electrons. The zero-order valence-corrected chi connectivity index (χ0v) is 12.1. The predicted molar refractivity (Wildman–Crippen MR) is 79.2 cm³/mol. The molecule has 1 aromatic heterocycles. The fourth-order valence-electron chi connectivity index (χ4n) is 1.62. The molecule has 5 nitrogen and oxygen atoms in total. The number of rotatable bonds is 4. The number of hydrogen-bond donors (Lipinski definition) is 2. The van der Waals surface area contributed by atoms with Gasteiger partial charge in [-0.15, -0.1) is 0 Å². The molecule has 3 N–H and O–H groups in total. The third kappa shape index (κ3) is 2.69. The molecule has 0 saturated carbocycles. The summed E-state index contributed by atoms with van der Waals surface area (Å²) < 4.78 is 0. The van der Waals surface area contributed by atoms with Crippen molar-refractivity contribution >= 4 is 35.3 Å². The highest BCUT2D eigenvalue weighted by Crippen LogP contribution is 2.26. The molecule has 0 aliphatic carbocycles. The topological polar surface area (TPSA) is 84.1 Å². The van der Waals surface area contributed by atoms with E-state index in [1.165, 1.54) is 18.7 Å². The first kappa shape index (κ1) is 14.6. The lowest BCUT2D eigenvalue weighted by Gasteiger charge is -2.19. The average molecular weight is 311 g/mol. The lowest BCUT2D eigenvalue weighted by atomic mass is 9.98. The predicted octanol–water partition coefficient (Wildman–Crippen LogP) is 2.54. The first-order chi connectivity index (χ1) is 9.45. The van der Waals surface area contributed by atoms with E-state index < -0.39 is 11.4 Å². The van der Waals surface area contributed by atoms with E-state index in [0.29, 0.717) is 21.3 Å². The second-order valence-electron chi connectivity index (χ2n) is 4.30. The van der Waals surface area contributed by atoms with E-state index >= 15 is 0 Å². The van der Waals surface area contributed by atoms with E-state index in [2.05, 4.69) is 15.0 Å². The van der Waals surface area contributed by atoms with Crippen molar-refractivity contribution in [3.63, 3.8) is 0 Å². The Bertz CT molecular complexity index is 634. The number of nitrogens with zero attached hydrogens (tertiary/aromatic N) is 2. The molecule has 20 heavy (non-hydrogen) atoms. The molecule has 1 amide bonds. The lowest BCUT2D eigenvalue weighted by Crippen LogP contribution is -2.37. The van der Waals surface area contributed by atoms with E-state index in [0.717, 1.165) is 0 Å². The number of amides is 1. The number of H-pyrrole nitrogens is 1. The van der Waals surface area contributed by atoms with Crippen molar-refractivity contribution in [3.8, 4) is 0 Å². The molecular weight excluding hydrogens is 299 g/mol. The minimum atomic E-state index is -1.26. The van der Waals surface area contributed by atoms with Gasteiger partial charge >= 0.3 is 0 Å². The maximum atomic E-state index is 11.7. The average Bonchev–Trinajstić information content (AvgIpc) is 2.92. The van der Waals surface area contributed by atoms with E-state index in [-0.39, 0.29) is 0 Å². The summed E-state index contributed by atoms with van der Waals surface area (Å²) in [5, 5.41) is 0.885. The summed E-state index contributed by atoms with van der Waals surface area (Å²) in [6, 6.07) is 5.10. The number of nitrogens with two attached hydrogens (primary N) is 1. The van der Waals surface area contributed by atoms with Crippen molar-refractivity contribution in [2.75, 3.05) is 0 Å². The SMILES string of the molecule is CC(N=Cc1c(Cl)cccc1Cl)(C(N)=O)c1cnc[nH]1. The third-order valence-corrected chi connectivity index (χ3v) is 3.61. The number of nitrogens with one attached hydrogen (secondary N) is 1. The van der Waals surface area contributed by atoms with Crippen LogP contribution >= 0.6 is 23.2 Å². The Labute approximate surface area is 125 Å². The van der Waals surface area contributed by atoms with Gasteiger partial charge < -0.3 is 10.7 Å². The van der Waals surface area contributed by atoms with Crippen molar-refractivity contribution < 1.29 is 4.79 Å². The van der Waals surface area contributed by atoms with Crippen LogP contribution in [0, 0.1) is 0 Å². The molecule has 0 aliphatic heterocycles. The summed E-state index contributed by atoms with van der Waals surface area (Å²) in [6.07, 6.45) is 4.39. The monoisotopic (exact) mass is 310 g/mol. The number of carbonyl (C=O) groups is 1. The van der Waals surface area contributed by atoms with E-state index in [1.807, 2.05) is 0 Å². The van der Waals surface area contributed by atoms with Crippen LogP contribution < -0.4 is 5.73 Å². The van der Waals surface area contributed by atoms with Gasteiger partial charge in [-0.05, 0) is 19.1 Å². The number of primary amides is 1. The van der Waals surface area contributed by atoms with Crippen LogP contribution in [-0.2, 0) is 10.3 Å². The lowest BCUT2D eigenvalue weighted by molar-refractivity contribution is -0.122. The van der Waals surface area contributed by atoms with Crippen LogP contribution in [0.3, 0.4) is 0 Å². The number of aromatic nitrogens is 2. The fourth-order valence-corrected chi connectivity index (χ4v) is 2.11. The van der Waals surface area contributed by atoms with Crippen LogP contribution in [0.2, 0.25) is 10.0 Å². The van der Waals surface area contributed by atoms with Gasteiger partial charge in [-0.1, -0.05) is 29.3 Å². The maximum absolute atomic E-state index is 11.7. The van der Waals surface area contributed by atoms with Gasteiger partial charge in [0.2, 0.25) is 0 Å². The number of benzene rings is 1. The normalized spacial score (nSPS) is 14.3. The molecule has 0 saturated heterocycles. The number of carbonyl (C=O) groups excluding carboxylic acids is 1. The van der Waals surface area contributed by atoms with Crippen LogP contribution in [0.1, 0.15) is 18.2 Å². The smallest absolute Gasteiger partial charge is 0.251 e. The molecule has 0 radical (unpaired) electrons. The summed E-state index contributed by atoms with van der Waals surface area (Å²) in [7, 11) is 0. The molecule has 1 heterocycles. The molecule has 0 bridgehead atoms. The second-order valence-corrected chi connectivity index (χ2v) is 5.11. The van der Waals surface area contributed by atoms with E-state index in [1.54, 1.807) is 25.1 Å². The minimum Gasteiger partial charge on any atom is -0.367 e. The Hall–Kier alpha value is -1.85. The number of imidazole rings is 1. The molecule has 1 atom stereocenters. The van der Waals surface area contributed by atoms with Gasteiger partial charge in [0.05, 0.1) is 28.3 Å². The van der Waals surface area contributed by atoms with Gasteiger partial charge in [-0.3, -0.25) is 9.79 Å². The Morgan fingerprint density at radius 1 is 1.45 bits per heavy atom. The zero-order chi connectivity index (χ0) is 14.8. The Morgan fingerprint density at radius 3 is 2.60 bits per heavy atom. The minimum absolute atomic E-state index is 0.442. The summed E-state index contributed by atoms with van der Waals surface area (Å²) in [5.74, 6) is -0.610. The van der Waals surface area contributed by atoms with Crippen LogP contribution in [-0.4, -0.2) is 22.1 Å². The summed E-state index contributed by atoms with van der Waals surface area (Å²) in [5.41, 5.74) is 5.19. The van der Waals surface area contributed by atoms with Crippen LogP contribution in [0.4, 0.5) is 0 Å². The molecule has 2 aromatic rings. The van der Waals surface area contributed by atoms with Crippen molar-refractivity contribution in [2.24, 2.45) is 10.7 Å². The molecule has 1 unspecified atom stereocenters. The highest BCUT2D eigenvalue weighted by Gasteiger charge is 2.33. The fraction of sp³-hybridized carbons (Fsp3) is 0.154. The van der Waals surface area contributed by atoms with Crippen LogP contribution in [0.25, 0.3) is 0 Å². The molecular formula is C13H12Cl2N4O. The highest BCUT2D eigenvalue weighted by atomic mass is 35.5. The van der Waals surface area contributed by atoms with Crippen molar-refractivity contribution in [1.82, 2.24) is 9.97 Å². The summed E-state index contributed by atoms with van der Waals surface area (Å²) in [4.78, 5) is 22.7. The van der Waals surface area contributed by atoms with Crippen LogP contribution in [0.15, 0.2) is 35.7 Å². The van der Waals surface area contributed by atoms with Gasteiger partial charge in [-0.2, -0.15) is 0 Å². The number of halogens is 2. The Morgan fingerprint density at radius 2 is 2.10 bits per heavy atom. The molecule has 0 spiro atoms. The quantitative estimate of drug-likeness (QED) is 0.850. The molecule has 1 aromatic carbocycles. The van der Waals surface area contributed by atoms with Crippen molar-refractivity contribution in [1.29, 1.82) is 0 Å². The largest absolute Gasteiger partial charge is 0.367 e. The summed E-state index contributed by atoms with van der Waals surface area (Å²) >= 11 is 12.1. The number of aliphatic imine (C=N–C) groups is 1. The first-order valence-corrected chi connectivity index (χ1v) is 6.48. The summed E-state index contributed by atoms with van der Waals surface area (Å²) in [6.45, 7) is 1.59. The molecule has 0 aliphatic rings. The number of aromatic amines is 1. The zero-order valence-electron chi connectivity index (χ0n) is 10.6. The Balaban J connectivity index is 2.44. The highest BCUT2D eigenvalue weighted by molar-refractivity contribution is 6.38. The molecule has 0 fully saturated rings. The van der Waals surface area contributed by atoms with Gasteiger partial charge in [-0.25, -0.2) is 4.98 Å². The number of hydrogen-bond acceptors (Lipinski definition) is 3. The van der Waals surface area contributed by atoms with Gasteiger partial charge in [0, 0.05) is 11.8 Å². The van der Waals surface area contributed by atoms with E-state index in [9.17, 15) is 4.79 Å². The van der Waals surface area contributed by atoms with Gasteiger partial charge in [0.15, 0.2) is 5.54 Å². The van der Waals surface area contributed by atoms with Crippen molar-refractivity contribution in [3.05, 3.63) is 52.0 Å². The second kappa shape index (κ2) is 5.64. The Kier molecular flexibility index (Phi) is 4.11. The van der Waals surface area contributed by atoms with Gasteiger partial charge in [0.1, 0.15) is 0 Å². The standard InChI is InChI=1S/C13H12Cl2N4O/c1-13(12(16)20,11-6-17-7-18-11)19-5-8-9(14)3-2-4-10(8)15/h2-7H,1H3,(H2,16,20)(H,17,18). The van der Waals surface area contributed by atoms with Crippen molar-refractivity contribution in [2.45, 2.75) is 12.5 Å².